The highest BCUT2D eigenvalue weighted by Gasteiger charge is 2.07. The van der Waals surface area contributed by atoms with E-state index >= 15 is 0 Å². The summed E-state index contributed by atoms with van der Waals surface area (Å²) in [7, 11) is 1.36. The van der Waals surface area contributed by atoms with E-state index in [0.717, 1.165) is 28.5 Å². The summed E-state index contributed by atoms with van der Waals surface area (Å²) < 4.78 is 4.76. The fraction of sp³-hybridized carbons (Fsp3) is 0.190. The zero-order valence-electron chi connectivity index (χ0n) is 15.7. The van der Waals surface area contributed by atoms with Gasteiger partial charge in [0.05, 0.1) is 12.7 Å². The van der Waals surface area contributed by atoms with Gasteiger partial charge in [0.2, 0.25) is 0 Å². The Balaban J connectivity index is 1.67. The quantitative estimate of drug-likeness (QED) is 0.567. The number of nitrogens with zero attached hydrogens (tertiary/aromatic N) is 2. The van der Waals surface area contributed by atoms with Gasteiger partial charge in [0, 0.05) is 23.3 Å². The fourth-order valence-corrected chi connectivity index (χ4v) is 2.95. The van der Waals surface area contributed by atoms with Crippen LogP contribution in [0.4, 0.5) is 17.3 Å². The van der Waals surface area contributed by atoms with Crippen LogP contribution in [0.2, 0.25) is 5.02 Å². The summed E-state index contributed by atoms with van der Waals surface area (Å²) in [5, 5.41) is 7.25. The fourth-order valence-electron chi connectivity index (χ4n) is 2.74. The van der Waals surface area contributed by atoms with Crippen molar-refractivity contribution >= 4 is 34.9 Å². The number of anilines is 3. The monoisotopic (exact) mass is 396 g/mol. The lowest BCUT2D eigenvalue weighted by Gasteiger charge is -2.11. The van der Waals surface area contributed by atoms with Crippen LogP contribution in [-0.4, -0.2) is 29.6 Å². The van der Waals surface area contributed by atoms with Crippen molar-refractivity contribution in [3.05, 3.63) is 76.6 Å². The summed E-state index contributed by atoms with van der Waals surface area (Å²) in [4.78, 5) is 20.5. The lowest BCUT2D eigenvalue weighted by atomic mass is 10.1. The van der Waals surface area contributed by atoms with Crippen LogP contribution in [0.25, 0.3) is 0 Å². The highest BCUT2D eigenvalue weighted by atomic mass is 35.5. The molecule has 0 aliphatic heterocycles. The molecule has 0 bridgehead atoms. The molecule has 0 amide bonds. The van der Waals surface area contributed by atoms with Crippen LogP contribution >= 0.6 is 11.6 Å². The second kappa shape index (κ2) is 9.19. The first-order chi connectivity index (χ1) is 13.5. The molecule has 0 saturated heterocycles. The summed E-state index contributed by atoms with van der Waals surface area (Å²) in [6.45, 7) is 2.55. The molecule has 7 heteroatoms. The average molecular weight is 397 g/mol. The lowest BCUT2D eigenvalue weighted by Crippen LogP contribution is -2.08. The first-order valence-electron chi connectivity index (χ1n) is 8.83. The zero-order valence-corrected chi connectivity index (χ0v) is 16.5. The zero-order chi connectivity index (χ0) is 19.9. The smallest absolute Gasteiger partial charge is 0.337 e. The SMILES string of the molecule is COC(=O)c1cccc(Nc2cc(NCCc3cccc(Cl)c3)nc(C)n2)c1. The van der Waals surface area contributed by atoms with Gasteiger partial charge in [-0.25, -0.2) is 14.8 Å². The largest absolute Gasteiger partial charge is 0.465 e. The van der Waals surface area contributed by atoms with Gasteiger partial charge in [0.1, 0.15) is 17.5 Å². The highest BCUT2D eigenvalue weighted by molar-refractivity contribution is 6.30. The van der Waals surface area contributed by atoms with E-state index in [1.165, 1.54) is 7.11 Å². The van der Waals surface area contributed by atoms with Crippen LogP contribution in [0, 0.1) is 6.92 Å². The van der Waals surface area contributed by atoms with Gasteiger partial charge in [0.25, 0.3) is 0 Å². The number of carbonyl (C=O) groups is 1. The van der Waals surface area contributed by atoms with Crippen molar-refractivity contribution in [3.63, 3.8) is 0 Å². The molecule has 144 valence electrons. The molecule has 3 rings (SSSR count). The number of esters is 1. The Kier molecular flexibility index (Phi) is 6.45. The van der Waals surface area contributed by atoms with Crippen LogP contribution in [-0.2, 0) is 11.2 Å². The minimum absolute atomic E-state index is 0.383. The topological polar surface area (TPSA) is 76.1 Å². The minimum atomic E-state index is -0.383. The predicted molar refractivity (Wildman–Crippen MR) is 111 cm³/mol. The first kappa shape index (κ1) is 19.6. The maximum absolute atomic E-state index is 11.7. The van der Waals surface area contributed by atoms with E-state index in [1.807, 2.05) is 43.3 Å². The Morgan fingerprint density at radius 1 is 1.07 bits per heavy atom. The van der Waals surface area contributed by atoms with E-state index in [9.17, 15) is 4.79 Å². The van der Waals surface area contributed by atoms with E-state index in [2.05, 4.69) is 20.6 Å². The third-order valence-corrected chi connectivity index (χ3v) is 4.24. The molecule has 0 atom stereocenters. The van der Waals surface area contributed by atoms with Gasteiger partial charge in [-0.3, -0.25) is 0 Å². The normalized spacial score (nSPS) is 10.4. The molecule has 0 fully saturated rings. The number of aryl methyl sites for hydroxylation is 1. The number of aromatic nitrogens is 2. The molecule has 1 heterocycles. The number of rotatable bonds is 7. The Hall–Kier alpha value is -3.12. The molecule has 0 unspecified atom stereocenters. The molecule has 0 aliphatic rings. The Morgan fingerprint density at radius 3 is 2.64 bits per heavy atom. The molecule has 2 N–H and O–H groups in total. The van der Waals surface area contributed by atoms with Crippen molar-refractivity contribution in [1.29, 1.82) is 0 Å². The number of carbonyl (C=O) groups excluding carboxylic acids is 1. The average Bonchev–Trinajstić information content (AvgIpc) is 2.67. The van der Waals surface area contributed by atoms with Gasteiger partial charge in [-0.05, 0) is 49.2 Å². The van der Waals surface area contributed by atoms with Crippen molar-refractivity contribution < 1.29 is 9.53 Å². The van der Waals surface area contributed by atoms with E-state index in [1.54, 1.807) is 18.2 Å². The predicted octanol–water partition coefficient (Wildman–Crippen LogP) is 4.62. The summed E-state index contributed by atoms with van der Waals surface area (Å²) in [5.41, 5.74) is 2.37. The van der Waals surface area contributed by atoms with Crippen molar-refractivity contribution in [3.8, 4) is 0 Å². The van der Waals surface area contributed by atoms with Gasteiger partial charge in [-0.15, -0.1) is 0 Å². The van der Waals surface area contributed by atoms with Crippen molar-refractivity contribution in [2.24, 2.45) is 0 Å². The molecule has 28 heavy (non-hydrogen) atoms. The number of hydrogen-bond acceptors (Lipinski definition) is 6. The van der Waals surface area contributed by atoms with E-state index in [4.69, 9.17) is 16.3 Å². The standard InChI is InChI=1S/C21H21ClN4O2/c1-14-24-19(23-10-9-15-5-3-7-17(22)11-15)13-20(25-14)26-18-8-4-6-16(12-18)21(27)28-2/h3-8,11-13H,9-10H2,1-2H3,(H2,23,24,25,26). The summed E-state index contributed by atoms with van der Waals surface area (Å²) in [6.07, 6.45) is 0.827. The number of benzene rings is 2. The van der Waals surface area contributed by atoms with Crippen LogP contribution in [0.15, 0.2) is 54.6 Å². The van der Waals surface area contributed by atoms with E-state index < -0.39 is 0 Å². The van der Waals surface area contributed by atoms with Gasteiger partial charge in [0.15, 0.2) is 0 Å². The molecular formula is C21H21ClN4O2. The summed E-state index contributed by atoms with van der Waals surface area (Å²) in [6, 6.07) is 16.7. The molecule has 6 nitrogen and oxygen atoms in total. The van der Waals surface area contributed by atoms with Crippen LogP contribution in [0.5, 0.6) is 0 Å². The van der Waals surface area contributed by atoms with Crippen molar-refractivity contribution in [2.45, 2.75) is 13.3 Å². The second-order valence-electron chi connectivity index (χ2n) is 6.19. The third-order valence-electron chi connectivity index (χ3n) is 4.00. The van der Waals surface area contributed by atoms with Crippen LogP contribution in [0.1, 0.15) is 21.7 Å². The lowest BCUT2D eigenvalue weighted by molar-refractivity contribution is 0.0601. The number of nitrogens with one attached hydrogen (secondary N) is 2. The number of ether oxygens (including phenoxy) is 1. The van der Waals surface area contributed by atoms with Gasteiger partial charge in [-0.1, -0.05) is 29.8 Å². The maximum atomic E-state index is 11.7. The molecule has 0 saturated carbocycles. The number of hydrogen-bond donors (Lipinski definition) is 2. The van der Waals surface area contributed by atoms with Gasteiger partial charge in [-0.2, -0.15) is 0 Å². The molecule has 0 aliphatic carbocycles. The van der Waals surface area contributed by atoms with Crippen molar-refractivity contribution in [1.82, 2.24) is 9.97 Å². The Morgan fingerprint density at radius 2 is 1.86 bits per heavy atom. The summed E-state index contributed by atoms with van der Waals surface area (Å²) in [5.74, 6) is 1.62. The van der Waals surface area contributed by atoms with E-state index in [-0.39, 0.29) is 5.97 Å². The molecule has 0 spiro atoms. The Labute approximate surface area is 168 Å². The number of halogens is 1. The van der Waals surface area contributed by atoms with Gasteiger partial charge >= 0.3 is 5.97 Å². The van der Waals surface area contributed by atoms with Crippen molar-refractivity contribution in [2.75, 3.05) is 24.3 Å². The Bertz CT molecular complexity index is 978. The molecular weight excluding hydrogens is 376 g/mol. The van der Waals surface area contributed by atoms with Crippen LogP contribution < -0.4 is 10.6 Å². The minimum Gasteiger partial charge on any atom is -0.465 e. The molecule has 2 aromatic carbocycles. The molecule has 1 aromatic heterocycles. The molecule has 0 radical (unpaired) electrons. The first-order valence-corrected chi connectivity index (χ1v) is 9.21. The van der Waals surface area contributed by atoms with E-state index in [0.29, 0.717) is 23.8 Å². The van der Waals surface area contributed by atoms with Crippen LogP contribution in [0.3, 0.4) is 0 Å². The maximum Gasteiger partial charge on any atom is 0.337 e. The summed E-state index contributed by atoms with van der Waals surface area (Å²) >= 11 is 6.02. The highest BCUT2D eigenvalue weighted by Crippen LogP contribution is 2.19. The number of methoxy groups -OCH3 is 1. The molecule has 3 aromatic rings. The van der Waals surface area contributed by atoms with Gasteiger partial charge < -0.3 is 15.4 Å². The second-order valence-corrected chi connectivity index (χ2v) is 6.63. The third kappa shape index (κ3) is 5.44.